The normalized spacial score (nSPS) is 10.7. The summed E-state index contributed by atoms with van der Waals surface area (Å²) in [6.07, 6.45) is 0. The first-order chi connectivity index (χ1) is 14.3. The Hall–Kier alpha value is -3.22. The highest BCUT2D eigenvalue weighted by Gasteiger charge is 2.07. The lowest BCUT2D eigenvalue weighted by Crippen LogP contribution is -2.05. The third kappa shape index (κ3) is 4.99. The van der Waals surface area contributed by atoms with E-state index in [0.717, 1.165) is 16.4 Å². The molecule has 2 aromatic carbocycles. The van der Waals surface area contributed by atoms with Crippen molar-refractivity contribution in [3.05, 3.63) is 78.2 Å². The van der Waals surface area contributed by atoms with Crippen LogP contribution in [0.25, 0.3) is 22.4 Å². The number of hydrogen-bond acceptors (Lipinski definition) is 6. The Morgan fingerprint density at radius 3 is 2.34 bits per heavy atom. The van der Waals surface area contributed by atoms with Crippen LogP contribution in [0.2, 0.25) is 0 Å². The third-order valence-electron chi connectivity index (χ3n) is 4.29. The Balaban J connectivity index is 1.44. The number of nitrogens with one attached hydrogen (secondary N) is 1. The van der Waals surface area contributed by atoms with Gasteiger partial charge in [0.1, 0.15) is 12.4 Å². The standard InChI is InChI=1S/C23H21N3O2S/c1-27-14-15-28-22-9-5-8-21(25-22)26-23-24-20(16-29-23)19-12-10-18(11-13-19)17-6-3-2-4-7-17/h2-13,16H,14-15H2,1H3,(H,24,25,26). The molecule has 0 aliphatic rings. The van der Waals surface area contributed by atoms with Crippen molar-refractivity contribution >= 4 is 22.3 Å². The van der Waals surface area contributed by atoms with Gasteiger partial charge in [0.25, 0.3) is 0 Å². The highest BCUT2D eigenvalue weighted by molar-refractivity contribution is 7.14. The Kier molecular flexibility index (Phi) is 6.14. The molecule has 0 fully saturated rings. The van der Waals surface area contributed by atoms with Gasteiger partial charge in [-0.2, -0.15) is 4.98 Å². The second kappa shape index (κ2) is 9.32. The zero-order valence-corrected chi connectivity index (χ0v) is 16.9. The van der Waals surface area contributed by atoms with Gasteiger partial charge in [-0.1, -0.05) is 60.7 Å². The van der Waals surface area contributed by atoms with Gasteiger partial charge in [-0.3, -0.25) is 0 Å². The number of aromatic nitrogens is 2. The first-order valence-corrected chi connectivity index (χ1v) is 10.2. The quantitative estimate of drug-likeness (QED) is 0.386. The van der Waals surface area contributed by atoms with Crippen molar-refractivity contribution in [3.8, 4) is 28.3 Å². The Morgan fingerprint density at radius 2 is 1.55 bits per heavy atom. The lowest BCUT2D eigenvalue weighted by atomic mass is 10.0. The van der Waals surface area contributed by atoms with Crippen molar-refractivity contribution in [2.75, 3.05) is 25.6 Å². The molecular weight excluding hydrogens is 382 g/mol. The number of methoxy groups -OCH3 is 1. The molecule has 0 amide bonds. The summed E-state index contributed by atoms with van der Waals surface area (Å²) in [5.41, 5.74) is 4.42. The maximum absolute atomic E-state index is 5.55. The van der Waals surface area contributed by atoms with Crippen molar-refractivity contribution in [3.63, 3.8) is 0 Å². The van der Waals surface area contributed by atoms with Crippen molar-refractivity contribution in [2.24, 2.45) is 0 Å². The fourth-order valence-corrected chi connectivity index (χ4v) is 3.56. The van der Waals surface area contributed by atoms with Crippen molar-refractivity contribution < 1.29 is 9.47 Å². The van der Waals surface area contributed by atoms with Crippen LogP contribution in [0.1, 0.15) is 0 Å². The predicted octanol–water partition coefficient (Wildman–Crippen LogP) is 5.64. The number of hydrogen-bond donors (Lipinski definition) is 1. The molecule has 2 aromatic heterocycles. The van der Waals surface area contributed by atoms with Crippen LogP contribution in [0, 0.1) is 0 Å². The minimum absolute atomic E-state index is 0.466. The lowest BCUT2D eigenvalue weighted by molar-refractivity contribution is 0.144. The van der Waals surface area contributed by atoms with E-state index >= 15 is 0 Å². The number of pyridine rings is 1. The van der Waals surface area contributed by atoms with E-state index in [1.807, 2.05) is 41.8 Å². The van der Waals surface area contributed by atoms with Gasteiger partial charge < -0.3 is 14.8 Å². The number of ether oxygens (including phenoxy) is 2. The average Bonchev–Trinajstić information content (AvgIpc) is 3.23. The van der Waals surface area contributed by atoms with E-state index in [0.29, 0.717) is 24.9 Å². The molecule has 0 saturated heterocycles. The van der Waals surface area contributed by atoms with Gasteiger partial charge in [-0.05, 0) is 17.2 Å². The van der Waals surface area contributed by atoms with Gasteiger partial charge >= 0.3 is 0 Å². The Morgan fingerprint density at radius 1 is 0.793 bits per heavy atom. The van der Waals surface area contributed by atoms with Crippen LogP contribution < -0.4 is 10.1 Å². The van der Waals surface area contributed by atoms with E-state index in [4.69, 9.17) is 9.47 Å². The van der Waals surface area contributed by atoms with E-state index in [9.17, 15) is 0 Å². The average molecular weight is 404 g/mol. The highest BCUT2D eigenvalue weighted by Crippen LogP contribution is 2.29. The van der Waals surface area contributed by atoms with Crippen LogP contribution >= 0.6 is 11.3 Å². The Labute approximate surface area is 174 Å². The second-order valence-electron chi connectivity index (χ2n) is 6.31. The third-order valence-corrected chi connectivity index (χ3v) is 5.05. The largest absolute Gasteiger partial charge is 0.475 e. The van der Waals surface area contributed by atoms with Crippen molar-refractivity contribution in [1.29, 1.82) is 0 Å². The second-order valence-corrected chi connectivity index (χ2v) is 7.17. The van der Waals surface area contributed by atoms with Crippen LogP contribution in [0.3, 0.4) is 0 Å². The van der Waals surface area contributed by atoms with E-state index in [1.54, 1.807) is 18.4 Å². The molecule has 0 atom stereocenters. The van der Waals surface area contributed by atoms with E-state index in [1.165, 1.54) is 11.1 Å². The van der Waals surface area contributed by atoms with Gasteiger partial charge in [0.2, 0.25) is 5.88 Å². The molecular formula is C23H21N3O2S. The molecule has 2 heterocycles. The smallest absolute Gasteiger partial charge is 0.215 e. The van der Waals surface area contributed by atoms with Gasteiger partial charge in [0.15, 0.2) is 5.13 Å². The van der Waals surface area contributed by atoms with E-state index in [-0.39, 0.29) is 0 Å². The first-order valence-electron chi connectivity index (χ1n) is 9.29. The predicted molar refractivity (Wildman–Crippen MR) is 118 cm³/mol. The van der Waals surface area contributed by atoms with Gasteiger partial charge in [-0.15, -0.1) is 11.3 Å². The lowest BCUT2D eigenvalue weighted by Gasteiger charge is -2.06. The van der Waals surface area contributed by atoms with Crippen LogP contribution in [-0.4, -0.2) is 30.3 Å². The molecule has 6 heteroatoms. The molecule has 0 spiro atoms. The van der Waals surface area contributed by atoms with Gasteiger partial charge in [0.05, 0.1) is 12.3 Å². The minimum atomic E-state index is 0.466. The van der Waals surface area contributed by atoms with Crippen LogP contribution in [0.4, 0.5) is 10.9 Å². The molecule has 0 bridgehead atoms. The summed E-state index contributed by atoms with van der Waals surface area (Å²) in [6.45, 7) is 0.992. The van der Waals surface area contributed by atoms with Crippen LogP contribution in [0.5, 0.6) is 5.88 Å². The zero-order chi connectivity index (χ0) is 19.9. The zero-order valence-electron chi connectivity index (χ0n) is 16.0. The molecule has 0 aliphatic heterocycles. The van der Waals surface area contributed by atoms with Gasteiger partial charge in [-0.25, -0.2) is 4.98 Å². The number of nitrogens with zero attached hydrogens (tertiary/aromatic N) is 2. The Bertz CT molecular complexity index is 1050. The molecule has 0 aliphatic carbocycles. The molecule has 0 unspecified atom stereocenters. The molecule has 146 valence electrons. The van der Waals surface area contributed by atoms with Crippen molar-refractivity contribution in [2.45, 2.75) is 0 Å². The summed E-state index contributed by atoms with van der Waals surface area (Å²) < 4.78 is 10.5. The van der Waals surface area contributed by atoms with E-state index in [2.05, 4.69) is 51.7 Å². The monoisotopic (exact) mass is 403 g/mol. The molecule has 0 saturated carbocycles. The fraction of sp³-hybridized carbons (Fsp3) is 0.130. The molecule has 29 heavy (non-hydrogen) atoms. The number of anilines is 2. The molecule has 0 radical (unpaired) electrons. The van der Waals surface area contributed by atoms with Crippen LogP contribution in [0.15, 0.2) is 78.2 Å². The molecule has 4 rings (SSSR count). The summed E-state index contributed by atoms with van der Waals surface area (Å²) in [4.78, 5) is 9.13. The summed E-state index contributed by atoms with van der Waals surface area (Å²) in [5.74, 6) is 1.25. The number of rotatable bonds is 8. The summed E-state index contributed by atoms with van der Waals surface area (Å²) >= 11 is 1.54. The number of thiazole rings is 1. The molecule has 1 N–H and O–H groups in total. The maximum atomic E-state index is 5.55. The molecule has 4 aromatic rings. The minimum Gasteiger partial charge on any atom is -0.475 e. The summed E-state index contributed by atoms with van der Waals surface area (Å²) in [7, 11) is 1.64. The maximum Gasteiger partial charge on any atom is 0.215 e. The fourth-order valence-electron chi connectivity index (χ4n) is 2.83. The van der Waals surface area contributed by atoms with Crippen LogP contribution in [-0.2, 0) is 4.74 Å². The molecule has 5 nitrogen and oxygen atoms in total. The SMILES string of the molecule is COCCOc1cccc(Nc2nc(-c3ccc(-c4ccccc4)cc3)cs2)n1. The first kappa shape index (κ1) is 19.1. The number of benzene rings is 2. The van der Waals surface area contributed by atoms with Crippen molar-refractivity contribution in [1.82, 2.24) is 9.97 Å². The van der Waals surface area contributed by atoms with Gasteiger partial charge in [0, 0.05) is 24.1 Å². The summed E-state index contributed by atoms with van der Waals surface area (Å²) in [6, 6.07) is 24.4. The highest BCUT2D eigenvalue weighted by atomic mass is 32.1. The van der Waals surface area contributed by atoms with E-state index < -0.39 is 0 Å². The summed E-state index contributed by atoms with van der Waals surface area (Å²) in [5, 5.41) is 6.07. The topological polar surface area (TPSA) is 56.3 Å².